The standard InChI is InChI=1S/C16H22N2O3S/c1-2-20-9-15(19)18-11-16(12-18)7-14(10-22-16)21-8-13-5-3-4-6-17-13/h3-6,14H,2,7-12H2,1H3/t14-/m0/s1. The Morgan fingerprint density at radius 3 is 3.09 bits per heavy atom. The first kappa shape index (κ1) is 15.8. The van der Waals surface area contributed by atoms with Gasteiger partial charge in [-0.1, -0.05) is 6.07 Å². The molecule has 120 valence electrons. The Balaban J connectivity index is 1.41. The van der Waals surface area contributed by atoms with Crippen LogP contribution in [0, 0.1) is 0 Å². The van der Waals surface area contributed by atoms with Gasteiger partial charge in [0, 0.05) is 31.6 Å². The molecule has 6 heteroatoms. The van der Waals surface area contributed by atoms with Crippen molar-refractivity contribution >= 4 is 17.7 Å². The fourth-order valence-corrected chi connectivity index (χ4v) is 4.47. The van der Waals surface area contributed by atoms with E-state index in [1.165, 1.54) is 0 Å². The summed E-state index contributed by atoms with van der Waals surface area (Å²) in [7, 11) is 0. The number of carbonyl (C=O) groups is 1. The number of ether oxygens (including phenoxy) is 2. The van der Waals surface area contributed by atoms with Crippen molar-refractivity contribution in [3.8, 4) is 0 Å². The molecule has 1 spiro atoms. The molecule has 2 aliphatic heterocycles. The van der Waals surface area contributed by atoms with Crippen LogP contribution in [-0.4, -0.2) is 58.7 Å². The number of hydrogen-bond acceptors (Lipinski definition) is 5. The van der Waals surface area contributed by atoms with E-state index in [1.54, 1.807) is 6.20 Å². The third-order valence-corrected chi connectivity index (χ3v) is 5.68. The van der Waals surface area contributed by atoms with E-state index in [1.807, 2.05) is 41.8 Å². The highest BCUT2D eigenvalue weighted by Gasteiger charge is 2.50. The number of nitrogens with zero attached hydrogens (tertiary/aromatic N) is 2. The molecule has 22 heavy (non-hydrogen) atoms. The Labute approximate surface area is 135 Å². The van der Waals surface area contributed by atoms with E-state index in [0.717, 1.165) is 31.0 Å². The fraction of sp³-hybridized carbons (Fsp3) is 0.625. The second kappa shape index (κ2) is 6.98. The van der Waals surface area contributed by atoms with Crippen LogP contribution in [-0.2, 0) is 20.9 Å². The highest BCUT2D eigenvalue weighted by atomic mass is 32.2. The summed E-state index contributed by atoms with van der Waals surface area (Å²) in [6, 6.07) is 5.87. The summed E-state index contributed by atoms with van der Waals surface area (Å²) < 4.78 is 11.4. The molecule has 3 rings (SSSR count). The first-order chi connectivity index (χ1) is 10.7. The van der Waals surface area contributed by atoms with Gasteiger partial charge in [0.05, 0.1) is 23.2 Å². The molecule has 3 heterocycles. The SMILES string of the molecule is CCOCC(=O)N1CC2(C[C@H](OCc3ccccn3)CS2)C1. The maximum atomic E-state index is 11.9. The van der Waals surface area contributed by atoms with E-state index in [9.17, 15) is 4.79 Å². The maximum absolute atomic E-state index is 11.9. The first-order valence-electron chi connectivity index (χ1n) is 7.72. The van der Waals surface area contributed by atoms with Gasteiger partial charge >= 0.3 is 0 Å². The molecule has 0 unspecified atom stereocenters. The molecule has 0 bridgehead atoms. The highest BCUT2D eigenvalue weighted by Crippen LogP contribution is 2.46. The van der Waals surface area contributed by atoms with Crippen molar-refractivity contribution in [2.24, 2.45) is 0 Å². The largest absolute Gasteiger partial charge is 0.372 e. The minimum atomic E-state index is 0.103. The van der Waals surface area contributed by atoms with Crippen molar-refractivity contribution in [3.05, 3.63) is 30.1 Å². The molecular formula is C16H22N2O3S. The van der Waals surface area contributed by atoms with Crippen molar-refractivity contribution in [1.82, 2.24) is 9.88 Å². The molecule has 0 aromatic carbocycles. The van der Waals surface area contributed by atoms with Gasteiger partial charge in [-0.2, -0.15) is 0 Å². The van der Waals surface area contributed by atoms with E-state index >= 15 is 0 Å². The van der Waals surface area contributed by atoms with Gasteiger partial charge in [-0.25, -0.2) is 0 Å². The molecule has 1 atom stereocenters. The van der Waals surface area contributed by atoms with Gasteiger partial charge in [-0.05, 0) is 25.5 Å². The molecule has 1 aromatic heterocycles. The van der Waals surface area contributed by atoms with Crippen molar-refractivity contribution in [3.63, 3.8) is 0 Å². The van der Waals surface area contributed by atoms with E-state index in [0.29, 0.717) is 13.2 Å². The molecule has 1 aromatic rings. The average molecular weight is 322 g/mol. The number of hydrogen-bond donors (Lipinski definition) is 0. The summed E-state index contributed by atoms with van der Waals surface area (Å²) in [5, 5.41) is 0. The number of amides is 1. The van der Waals surface area contributed by atoms with Crippen molar-refractivity contribution < 1.29 is 14.3 Å². The number of pyridine rings is 1. The highest BCUT2D eigenvalue weighted by molar-refractivity contribution is 8.01. The number of rotatable bonds is 6. The smallest absolute Gasteiger partial charge is 0.248 e. The predicted molar refractivity (Wildman–Crippen MR) is 85.7 cm³/mol. The Morgan fingerprint density at radius 1 is 1.50 bits per heavy atom. The second-order valence-electron chi connectivity index (χ2n) is 5.84. The third kappa shape index (κ3) is 3.62. The van der Waals surface area contributed by atoms with Crippen LogP contribution >= 0.6 is 11.8 Å². The molecule has 0 radical (unpaired) electrons. The van der Waals surface area contributed by atoms with E-state index in [4.69, 9.17) is 9.47 Å². The van der Waals surface area contributed by atoms with Gasteiger partial charge in [0.2, 0.25) is 5.91 Å². The van der Waals surface area contributed by atoms with Crippen molar-refractivity contribution in [2.45, 2.75) is 30.8 Å². The van der Waals surface area contributed by atoms with Crippen molar-refractivity contribution in [1.29, 1.82) is 0 Å². The van der Waals surface area contributed by atoms with Gasteiger partial charge < -0.3 is 14.4 Å². The summed E-state index contributed by atoms with van der Waals surface area (Å²) in [4.78, 5) is 18.0. The second-order valence-corrected chi connectivity index (χ2v) is 7.33. The third-order valence-electron chi connectivity index (χ3n) is 4.11. The van der Waals surface area contributed by atoms with Crippen LogP contribution in [0.25, 0.3) is 0 Å². The van der Waals surface area contributed by atoms with Crippen LogP contribution < -0.4 is 0 Å². The quantitative estimate of drug-likeness (QED) is 0.798. The van der Waals surface area contributed by atoms with Crippen LogP contribution in [0.1, 0.15) is 19.0 Å². The van der Waals surface area contributed by atoms with Gasteiger partial charge in [0.1, 0.15) is 6.61 Å². The Hall–Kier alpha value is -1.11. The number of aromatic nitrogens is 1. The first-order valence-corrected chi connectivity index (χ1v) is 8.70. The summed E-state index contributed by atoms with van der Waals surface area (Å²) in [6.07, 6.45) is 3.07. The van der Waals surface area contributed by atoms with E-state index in [2.05, 4.69) is 4.98 Å². The summed E-state index contributed by atoms with van der Waals surface area (Å²) in [5.74, 6) is 1.10. The molecule has 2 saturated heterocycles. The normalized spacial score (nSPS) is 22.8. The predicted octanol–water partition coefficient (Wildman–Crippen LogP) is 1.72. The molecule has 1 amide bonds. The lowest BCUT2D eigenvalue weighted by Gasteiger charge is -2.47. The monoisotopic (exact) mass is 322 g/mol. The number of thioether (sulfide) groups is 1. The molecule has 0 aliphatic carbocycles. The van der Waals surface area contributed by atoms with Crippen LogP contribution in [0.3, 0.4) is 0 Å². The summed E-state index contributed by atoms with van der Waals surface area (Å²) >= 11 is 1.94. The summed E-state index contributed by atoms with van der Waals surface area (Å²) in [5.41, 5.74) is 0.968. The van der Waals surface area contributed by atoms with Crippen LogP contribution in [0.2, 0.25) is 0 Å². The van der Waals surface area contributed by atoms with E-state index < -0.39 is 0 Å². The van der Waals surface area contributed by atoms with Gasteiger partial charge in [0.25, 0.3) is 0 Å². The molecule has 0 saturated carbocycles. The molecule has 2 fully saturated rings. The topological polar surface area (TPSA) is 51.7 Å². The average Bonchev–Trinajstić information content (AvgIpc) is 2.95. The van der Waals surface area contributed by atoms with Crippen LogP contribution in [0.5, 0.6) is 0 Å². The number of likely N-dealkylation sites (tertiary alicyclic amines) is 1. The zero-order valence-corrected chi connectivity index (χ0v) is 13.7. The molecule has 2 aliphatic rings. The lowest BCUT2D eigenvalue weighted by molar-refractivity contribution is -0.141. The Kier molecular flexibility index (Phi) is 5.00. The lowest BCUT2D eigenvalue weighted by Crippen LogP contribution is -2.61. The minimum absolute atomic E-state index is 0.103. The lowest BCUT2D eigenvalue weighted by atomic mass is 9.93. The summed E-state index contributed by atoms with van der Waals surface area (Å²) in [6.45, 7) is 4.91. The van der Waals surface area contributed by atoms with Gasteiger partial charge in [-0.15, -0.1) is 11.8 Å². The van der Waals surface area contributed by atoms with Crippen LogP contribution in [0.4, 0.5) is 0 Å². The van der Waals surface area contributed by atoms with Crippen LogP contribution in [0.15, 0.2) is 24.4 Å². The number of carbonyl (C=O) groups excluding carboxylic acids is 1. The minimum Gasteiger partial charge on any atom is -0.372 e. The molecule has 0 N–H and O–H groups in total. The Bertz CT molecular complexity index is 505. The molecule has 5 nitrogen and oxygen atoms in total. The maximum Gasteiger partial charge on any atom is 0.248 e. The van der Waals surface area contributed by atoms with Gasteiger partial charge in [0.15, 0.2) is 0 Å². The zero-order valence-electron chi connectivity index (χ0n) is 12.9. The fourth-order valence-electron chi connectivity index (χ4n) is 2.92. The zero-order chi connectivity index (χ0) is 15.4. The van der Waals surface area contributed by atoms with Crippen molar-refractivity contribution in [2.75, 3.05) is 32.1 Å². The molecular weight excluding hydrogens is 300 g/mol. The Morgan fingerprint density at radius 2 is 2.36 bits per heavy atom. The van der Waals surface area contributed by atoms with Gasteiger partial charge in [-0.3, -0.25) is 9.78 Å². The van der Waals surface area contributed by atoms with E-state index in [-0.39, 0.29) is 23.4 Å².